The maximum atomic E-state index is 13.2. The maximum Gasteiger partial charge on any atom is 0.290 e. The van der Waals surface area contributed by atoms with Gasteiger partial charge in [0.2, 0.25) is 0 Å². The van der Waals surface area contributed by atoms with Crippen molar-refractivity contribution in [2.24, 2.45) is 5.92 Å². The van der Waals surface area contributed by atoms with E-state index in [0.717, 1.165) is 25.8 Å². The number of nitrogens with zero attached hydrogens (tertiary/aromatic N) is 3. The molecule has 5 rings (SSSR count). The summed E-state index contributed by atoms with van der Waals surface area (Å²) in [6, 6.07) is 28.1. The van der Waals surface area contributed by atoms with E-state index >= 15 is 0 Å². The van der Waals surface area contributed by atoms with Crippen LogP contribution in [0.3, 0.4) is 0 Å². The predicted molar refractivity (Wildman–Crippen MR) is 143 cm³/mol. The van der Waals surface area contributed by atoms with Crippen LogP contribution in [-0.4, -0.2) is 46.9 Å². The number of rotatable bonds is 9. The minimum Gasteiger partial charge on any atom is -0.426 e. The molecule has 2 aromatic carbocycles. The topological polar surface area (TPSA) is 58.8 Å². The number of carbonyl (C=O) groups is 1. The van der Waals surface area contributed by atoms with Gasteiger partial charge in [0, 0.05) is 44.1 Å². The average Bonchev–Trinajstić information content (AvgIpc) is 3.41. The predicted octanol–water partition coefficient (Wildman–Crippen LogP) is 6.06. The molecule has 1 atom stereocenters. The van der Waals surface area contributed by atoms with Gasteiger partial charge in [-0.25, -0.2) is 0 Å². The molecule has 1 unspecified atom stereocenters. The summed E-state index contributed by atoms with van der Waals surface area (Å²) in [5, 5.41) is 0. The van der Waals surface area contributed by atoms with Gasteiger partial charge < -0.3 is 14.1 Å². The molecule has 37 heavy (non-hydrogen) atoms. The third kappa shape index (κ3) is 6.46. The molecule has 1 aliphatic rings. The first-order chi connectivity index (χ1) is 18.2. The fraction of sp³-hybridized carbons (Fsp3) is 0.290. The second-order valence-corrected chi connectivity index (χ2v) is 9.69. The number of likely N-dealkylation sites (tertiary alicyclic amines) is 1. The second kappa shape index (κ2) is 11.9. The summed E-state index contributed by atoms with van der Waals surface area (Å²) in [6.45, 7) is 2.30. The average molecular weight is 496 g/mol. The van der Waals surface area contributed by atoms with Crippen molar-refractivity contribution in [2.45, 2.75) is 31.8 Å². The SMILES string of the molecule is CN(Cc1ccncc1)C(Cc1ccccc1)C1CCN(C(=O)c2ccc(Oc3ccccc3)o2)CC1. The highest BCUT2D eigenvalue weighted by Crippen LogP contribution is 2.29. The quantitative estimate of drug-likeness (QED) is 0.282. The van der Waals surface area contributed by atoms with Crippen LogP contribution in [0.15, 0.2) is 102 Å². The zero-order valence-electron chi connectivity index (χ0n) is 21.2. The molecule has 6 heteroatoms. The van der Waals surface area contributed by atoms with E-state index in [1.165, 1.54) is 11.1 Å². The Balaban J connectivity index is 1.22. The van der Waals surface area contributed by atoms with E-state index in [9.17, 15) is 4.79 Å². The van der Waals surface area contributed by atoms with Crippen LogP contribution < -0.4 is 4.74 Å². The molecule has 2 aromatic heterocycles. The molecule has 190 valence electrons. The maximum absolute atomic E-state index is 13.2. The van der Waals surface area contributed by atoms with E-state index in [-0.39, 0.29) is 5.91 Å². The summed E-state index contributed by atoms with van der Waals surface area (Å²) in [6.07, 6.45) is 6.60. The van der Waals surface area contributed by atoms with E-state index in [1.807, 2.05) is 47.6 Å². The number of furan rings is 1. The number of ether oxygens (including phenoxy) is 1. The van der Waals surface area contributed by atoms with E-state index in [2.05, 4.69) is 59.4 Å². The number of likely N-dealkylation sites (N-methyl/N-ethyl adjacent to an activating group) is 1. The zero-order chi connectivity index (χ0) is 25.5. The van der Waals surface area contributed by atoms with Crippen LogP contribution >= 0.6 is 0 Å². The third-order valence-corrected chi connectivity index (χ3v) is 7.16. The molecule has 4 aromatic rings. The Morgan fingerprint density at radius 2 is 1.62 bits per heavy atom. The number of para-hydroxylation sites is 1. The number of hydrogen-bond donors (Lipinski definition) is 0. The molecule has 1 aliphatic heterocycles. The largest absolute Gasteiger partial charge is 0.426 e. The fourth-order valence-corrected chi connectivity index (χ4v) is 5.17. The van der Waals surface area contributed by atoms with Crippen molar-refractivity contribution in [2.75, 3.05) is 20.1 Å². The lowest BCUT2D eigenvalue weighted by molar-refractivity contribution is 0.0570. The van der Waals surface area contributed by atoms with E-state index in [0.29, 0.717) is 42.5 Å². The van der Waals surface area contributed by atoms with Gasteiger partial charge in [0.1, 0.15) is 5.75 Å². The smallest absolute Gasteiger partial charge is 0.290 e. The summed E-state index contributed by atoms with van der Waals surface area (Å²) < 4.78 is 11.5. The second-order valence-electron chi connectivity index (χ2n) is 9.69. The number of benzene rings is 2. The lowest BCUT2D eigenvalue weighted by atomic mass is 9.84. The van der Waals surface area contributed by atoms with E-state index < -0.39 is 0 Å². The Labute approximate surface area is 218 Å². The van der Waals surface area contributed by atoms with Crippen LogP contribution in [0.1, 0.15) is 34.5 Å². The van der Waals surface area contributed by atoms with Gasteiger partial charge in [-0.3, -0.25) is 14.7 Å². The Bertz CT molecular complexity index is 1250. The molecular weight excluding hydrogens is 462 g/mol. The molecule has 1 fully saturated rings. The van der Waals surface area contributed by atoms with Crippen molar-refractivity contribution >= 4 is 5.91 Å². The first kappa shape index (κ1) is 24.8. The highest BCUT2D eigenvalue weighted by Gasteiger charge is 2.32. The monoisotopic (exact) mass is 495 g/mol. The molecule has 0 spiro atoms. The van der Waals surface area contributed by atoms with Crippen LogP contribution in [0, 0.1) is 5.92 Å². The van der Waals surface area contributed by atoms with Gasteiger partial charge in [-0.2, -0.15) is 0 Å². The number of amides is 1. The van der Waals surface area contributed by atoms with Gasteiger partial charge in [0.05, 0.1) is 0 Å². The number of pyridine rings is 1. The highest BCUT2D eigenvalue weighted by atomic mass is 16.6. The molecule has 0 saturated carbocycles. The fourth-order valence-electron chi connectivity index (χ4n) is 5.17. The van der Waals surface area contributed by atoms with Crippen LogP contribution in [0.25, 0.3) is 0 Å². The van der Waals surface area contributed by atoms with Crippen molar-refractivity contribution in [3.63, 3.8) is 0 Å². The molecule has 0 radical (unpaired) electrons. The summed E-state index contributed by atoms with van der Waals surface area (Å²) in [5.41, 5.74) is 2.60. The Morgan fingerprint density at radius 1 is 0.946 bits per heavy atom. The lowest BCUT2D eigenvalue weighted by Gasteiger charge is -2.40. The Morgan fingerprint density at radius 3 is 2.32 bits per heavy atom. The summed E-state index contributed by atoms with van der Waals surface area (Å²) in [5.74, 6) is 1.73. The van der Waals surface area contributed by atoms with Crippen LogP contribution in [0.4, 0.5) is 0 Å². The zero-order valence-corrected chi connectivity index (χ0v) is 21.2. The van der Waals surface area contributed by atoms with Crippen LogP contribution in [0.2, 0.25) is 0 Å². The molecule has 1 saturated heterocycles. The van der Waals surface area contributed by atoms with E-state index in [4.69, 9.17) is 9.15 Å². The first-order valence-corrected chi connectivity index (χ1v) is 12.9. The summed E-state index contributed by atoms with van der Waals surface area (Å²) >= 11 is 0. The number of hydrogen-bond acceptors (Lipinski definition) is 5. The molecular formula is C31H33N3O3. The standard InChI is InChI=1S/C31H33N3O3/c1-33(23-25-14-18-32-19-15-25)28(22-24-8-4-2-5-9-24)26-16-20-34(21-17-26)31(35)29-12-13-30(37-29)36-27-10-6-3-7-11-27/h2-15,18-19,26,28H,16-17,20-23H2,1H3. The Kier molecular flexibility index (Phi) is 7.96. The molecule has 0 N–H and O–H groups in total. The lowest BCUT2D eigenvalue weighted by Crippen LogP contribution is -2.46. The molecule has 0 aliphatic carbocycles. The summed E-state index contributed by atoms with van der Waals surface area (Å²) in [7, 11) is 2.21. The number of piperidine rings is 1. The van der Waals surface area contributed by atoms with Gasteiger partial charge in [0.15, 0.2) is 5.76 Å². The van der Waals surface area contributed by atoms with Crippen LogP contribution in [0.5, 0.6) is 11.7 Å². The van der Waals surface area contributed by atoms with Crippen molar-refractivity contribution in [1.82, 2.24) is 14.8 Å². The molecule has 0 bridgehead atoms. The Hall–Kier alpha value is -3.90. The minimum absolute atomic E-state index is 0.0777. The van der Waals surface area contributed by atoms with Gasteiger partial charge in [-0.15, -0.1) is 0 Å². The van der Waals surface area contributed by atoms with Crippen molar-refractivity contribution in [3.8, 4) is 11.7 Å². The van der Waals surface area contributed by atoms with Crippen molar-refractivity contribution < 1.29 is 13.9 Å². The first-order valence-electron chi connectivity index (χ1n) is 12.9. The van der Waals surface area contributed by atoms with Gasteiger partial charge >= 0.3 is 0 Å². The molecule has 1 amide bonds. The minimum atomic E-state index is -0.0777. The molecule has 3 heterocycles. The summed E-state index contributed by atoms with van der Waals surface area (Å²) in [4.78, 5) is 21.7. The van der Waals surface area contributed by atoms with E-state index in [1.54, 1.807) is 12.1 Å². The highest BCUT2D eigenvalue weighted by molar-refractivity contribution is 5.91. The van der Waals surface area contributed by atoms with Crippen LogP contribution in [-0.2, 0) is 13.0 Å². The van der Waals surface area contributed by atoms with Gasteiger partial charge in [-0.1, -0.05) is 48.5 Å². The number of carbonyl (C=O) groups excluding carboxylic acids is 1. The van der Waals surface area contributed by atoms with Gasteiger partial charge in [-0.05, 0) is 73.7 Å². The van der Waals surface area contributed by atoms with Gasteiger partial charge in [0.25, 0.3) is 11.9 Å². The van der Waals surface area contributed by atoms with Crippen molar-refractivity contribution in [3.05, 3.63) is 114 Å². The third-order valence-electron chi connectivity index (χ3n) is 7.16. The molecule has 6 nitrogen and oxygen atoms in total. The normalized spacial score (nSPS) is 15.0. The van der Waals surface area contributed by atoms with Crippen molar-refractivity contribution in [1.29, 1.82) is 0 Å². The number of aromatic nitrogens is 1.